The Bertz CT molecular complexity index is 1440. The first-order valence-electron chi connectivity index (χ1n) is 10.6. The maximum absolute atomic E-state index is 13.7. The van der Waals surface area contributed by atoms with Crippen molar-refractivity contribution in [2.75, 3.05) is 18.6 Å². The molecule has 7 nitrogen and oxygen atoms in total. The van der Waals surface area contributed by atoms with E-state index in [4.69, 9.17) is 13.9 Å². The van der Waals surface area contributed by atoms with Gasteiger partial charge in [-0.1, -0.05) is 12.1 Å². The van der Waals surface area contributed by atoms with Gasteiger partial charge in [0, 0.05) is 10.9 Å². The van der Waals surface area contributed by atoms with Gasteiger partial charge in [0.25, 0.3) is 5.91 Å². The third kappa shape index (κ3) is 3.38. The minimum absolute atomic E-state index is 0.0273. The summed E-state index contributed by atoms with van der Waals surface area (Å²) in [5, 5.41) is 0.916. The third-order valence-corrected chi connectivity index (χ3v) is 6.86. The summed E-state index contributed by atoms with van der Waals surface area (Å²) < 4.78 is 17.0. The van der Waals surface area contributed by atoms with Crippen LogP contribution in [0.15, 0.2) is 51.7 Å². The number of anilines is 1. The number of methoxy groups -OCH3 is 1. The van der Waals surface area contributed by atoms with E-state index < -0.39 is 11.9 Å². The number of nitrogens with zero attached hydrogens (tertiary/aromatic N) is 2. The Hall–Kier alpha value is -3.65. The van der Waals surface area contributed by atoms with Gasteiger partial charge < -0.3 is 13.9 Å². The van der Waals surface area contributed by atoms with E-state index in [2.05, 4.69) is 4.98 Å². The number of carbonyl (C=O) groups excluding carboxylic acids is 1. The highest BCUT2D eigenvalue weighted by atomic mass is 32.1. The van der Waals surface area contributed by atoms with Gasteiger partial charge in [0.2, 0.25) is 5.76 Å². The van der Waals surface area contributed by atoms with Crippen LogP contribution in [0.25, 0.3) is 11.0 Å². The summed E-state index contributed by atoms with van der Waals surface area (Å²) >= 11 is 1.41. The summed E-state index contributed by atoms with van der Waals surface area (Å²) in [4.78, 5) is 34.5. The summed E-state index contributed by atoms with van der Waals surface area (Å²) in [6.07, 6.45) is 0. The number of hydrogen-bond donors (Lipinski definition) is 0. The van der Waals surface area contributed by atoms with Crippen LogP contribution in [0.5, 0.6) is 11.5 Å². The van der Waals surface area contributed by atoms with Crippen LogP contribution in [0.4, 0.5) is 5.13 Å². The molecule has 168 valence electrons. The van der Waals surface area contributed by atoms with Crippen molar-refractivity contribution in [2.24, 2.45) is 0 Å². The molecule has 0 radical (unpaired) electrons. The number of ether oxygens (including phenoxy) is 2. The largest absolute Gasteiger partial charge is 0.497 e. The molecule has 0 fully saturated rings. The molecule has 1 aliphatic heterocycles. The lowest BCUT2D eigenvalue weighted by Gasteiger charge is -2.22. The molecule has 0 bridgehead atoms. The molecule has 0 saturated carbocycles. The van der Waals surface area contributed by atoms with Gasteiger partial charge in [0.15, 0.2) is 10.6 Å². The fourth-order valence-electron chi connectivity index (χ4n) is 4.09. The van der Waals surface area contributed by atoms with Gasteiger partial charge in [0.1, 0.15) is 17.1 Å². The van der Waals surface area contributed by atoms with E-state index in [1.165, 1.54) is 11.3 Å². The topological polar surface area (TPSA) is 81.9 Å². The predicted octanol–water partition coefficient (Wildman–Crippen LogP) is 5.02. The van der Waals surface area contributed by atoms with Gasteiger partial charge in [-0.15, -0.1) is 11.3 Å². The summed E-state index contributed by atoms with van der Waals surface area (Å²) in [6, 6.07) is 11.7. The zero-order valence-corrected chi connectivity index (χ0v) is 19.5. The molecule has 1 unspecified atom stereocenters. The molecule has 2 aromatic carbocycles. The standard InChI is InChI=1S/C25H22N2O5S/c1-5-31-17-9-10-18-19(12-17)32-23-20(22(18)28)21(15-7-6-8-16(11-15)30-4)27(24(23)29)25-26-13(2)14(3)33-25/h6-12,21H,5H2,1-4H3. The van der Waals surface area contributed by atoms with Gasteiger partial charge in [-0.3, -0.25) is 14.5 Å². The average Bonchev–Trinajstić information content (AvgIpc) is 3.30. The van der Waals surface area contributed by atoms with Crippen LogP contribution in [0, 0.1) is 13.8 Å². The molecule has 4 aromatic rings. The number of amides is 1. The molecule has 1 amide bonds. The number of carbonyl (C=O) groups is 1. The second kappa shape index (κ2) is 8.04. The first kappa shape index (κ1) is 21.2. The molecular weight excluding hydrogens is 440 g/mol. The van der Waals surface area contributed by atoms with Crippen molar-refractivity contribution in [3.8, 4) is 11.5 Å². The molecule has 0 spiro atoms. The molecule has 0 saturated heterocycles. The van der Waals surface area contributed by atoms with Crippen molar-refractivity contribution in [2.45, 2.75) is 26.8 Å². The van der Waals surface area contributed by atoms with Gasteiger partial charge >= 0.3 is 0 Å². The van der Waals surface area contributed by atoms with Crippen molar-refractivity contribution < 1.29 is 18.7 Å². The average molecular weight is 463 g/mol. The first-order valence-corrected chi connectivity index (χ1v) is 11.4. The Kier molecular flexibility index (Phi) is 5.17. The Morgan fingerprint density at radius 1 is 1.12 bits per heavy atom. The maximum Gasteiger partial charge on any atom is 0.297 e. The van der Waals surface area contributed by atoms with Gasteiger partial charge in [0.05, 0.1) is 36.4 Å². The zero-order valence-electron chi connectivity index (χ0n) is 18.7. The zero-order chi connectivity index (χ0) is 23.3. The second-order valence-corrected chi connectivity index (χ2v) is 8.94. The van der Waals surface area contributed by atoms with Crippen LogP contribution in [0.1, 0.15) is 45.2 Å². The third-order valence-electron chi connectivity index (χ3n) is 5.79. The van der Waals surface area contributed by atoms with Crippen molar-refractivity contribution in [3.05, 3.63) is 80.1 Å². The van der Waals surface area contributed by atoms with Crippen molar-refractivity contribution in [1.82, 2.24) is 4.98 Å². The van der Waals surface area contributed by atoms with E-state index in [1.807, 2.05) is 45.0 Å². The summed E-state index contributed by atoms with van der Waals surface area (Å²) in [6.45, 7) is 6.21. The fraction of sp³-hybridized carbons (Fsp3) is 0.240. The fourth-order valence-corrected chi connectivity index (χ4v) is 5.03. The molecule has 1 atom stereocenters. The molecule has 33 heavy (non-hydrogen) atoms. The van der Waals surface area contributed by atoms with Gasteiger partial charge in [-0.2, -0.15) is 0 Å². The predicted molar refractivity (Wildman–Crippen MR) is 127 cm³/mol. The molecule has 8 heteroatoms. The highest BCUT2D eigenvalue weighted by Crippen LogP contribution is 2.43. The van der Waals surface area contributed by atoms with E-state index in [1.54, 1.807) is 30.2 Å². The number of benzene rings is 2. The highest BCUT2D eigenvalue weighted by Gasteiger charge is 2.45. The number of hydrogen-bond acceptors (Lipinski definition) is 7. The van der Waals surface area contributed by atoms with E-state index in [-0.39, 0.29) is 11.2 Å². The minimum atomic E-state index is -0.681. The molecule has 5 rings (SSSR count). The highest BCUT2D eigenvalue weighted by molar-refractivity contribution is 7.15. The Morgan fingerprint density at radius 2 is 1.94 bits per heavy atom. The van der Waals surface area contributed by atoms with Crippen molar-refractivity contribution >= 4 is 33.3 Å². The summed E-state index contributed by atoms with van der Waals surface area (Å²) in [5.74, 6) is 0.837. The normalized spacial score (nSPS) is 15.2. The van der Waals surface area contributed by atoms with Crippen LogP contribution in [-0.4, -0.2) is 24.6 Å². The van der Waals surface area contributed by atoms with E-state index in [0.29, 0.717) is 39.8 Å². The van der Waals surface area contributed by atoms with Crippen LogP contribution < -0.4 is 19.8 Å². The molecule has 1 aliphatic rings. The van der Waals surface area contributed by atoms with Crippen LogP contribution in [-0.2, 0) is 0 Å². The molecule has 0 N–H and O–H groups in total. The number of aromatic nitrogens is 1. The number of thiazole rings is 1. The Balaban J connectivity index is 1.78. The van der Waals surface area contributed by atoms with Gasteiger partial charge in [-0.05, 0) is 50.6 Å². The number of fused-ring (bicyclic) bond motifs is 2. The monoisotopic (exact) mass is 462 g/mol. The molecule has 0 aliphatic carbocycles. The van der Waals surface area contributed by atoms with E-state index >= 15 is 0 Å². The van der Waals surface area contributed by atoms with Crippen LogP contribution in [0.2, 0.25) is 0 Å². The quantitative estimate of drug-likeness (QED) is 0.414. The van der Waals surface area contributed by atoms with E-state index in [9.17, 15) is 9.59 Å². The lowest BCUT2D eigenvalue weighted by atomic mass is 9.98. The summed E-state index contributed by atoms with van der Waals surface area (Å²) in [7, 11) is 1.58. The Morgan fingerprint density at radius 3 is 2.64 bits per heavy atom. The molecular formula is C25H22N2O5S. The first-order chi connectivity index (χ1) is 15.9. The van der Waals surface area contributed by atoms with Crippen molar-refractivity contribution in [3.63, 3.8) is 0 Å². The van der Waals surface area contributed by atoms with E-state index in [0.717, 1.165) is 16.1 Å². The smallest absolute Gasteiger partial charge is 0.297 e. The van der Waals surface area contributed by atoms with Crippen LogP contribution >= 0.6 is 11.3 Å². The number of rotatable bonds is 5. The lowest BCUT2D eigenvalue weighted by Crippen LogP contribution is -2.29. The summed E-state index contributed by atoms with van der Waals surface area (Å²) in [5.41, 5.74) is 1.95. The second-order valence-electron chi connectivity index (χ2n) is 7.76. The molecule has 3 heterocycles. The molecule has 2 aromatic heterocycles. The minimum Gasteiger partial charge on any atom is -0.497 e. The maximum atomic E-state index is 13.7. The Labute approximate surface area is 194 Å². The number of aryl methyl sites for hydroxylation is 2. The van der Waals surface area contributed by atoms with Crippen LogP contribution in [0.3, 0.4) is 0 Å². The van der Waals surface area contributed by atoms with Crippen molar-refractivity contribution in [1.29, 1.82) is 0 Å². The van der Waals surface area contributed by atoms with Gasteiger partial charge in [-0.25, -0.2) is 4.98 Å². The lowest BCUT2D eigenvalue weighted by molar-refractivity contribution is 0.0971. The SMILES string of the molecule is CCOc1ccc2c(=O)c3c(oc2c1)C(=O)N(c1nc(C)c(C)s1)C3c1cccc(OC)c1.